The molecule has 3 aromatic carbocycles. The summed E-state index contributed by atoms with van der Waals surface area (Å²) in [5, 5.41) is 5.59. The number of sulfonamides is 1. The highest BCUT2D eigenvalue weighted by molar-refractivity contribution is 7.92. The number of amides is 1. The molecule has 0 radical (unpaired) electrons. The van der Waals surface area contributed by atoms with Crippen molar-refractivity contribution in [3.05, 3.63) is 83.4 Å². The van der Waals surface area contributed by atoms with E-state index in [9.17, 15) is 13.2 Å². The van der Waals surface area contributed by atoms with Gasteiger partial charge in [-0.1, -0.05) is 24.3 Å². The summed E-state index contributed by atoms with van der Waals surface area (Å²) in [6.45, 7) is 7.51. The number of para-hydroxylation sites is 1. The van der Waals surface area contributed by atoms with Crippen molar-refractivity contribution in [2.75, 3.05) is 10.0 Å². The number of hydrogen-bond donors (Lipinski definition) is 3. The number of aryl methyl sites for hydroxylation is 2. The standard InChI is InChI=1S/C25H27N3O4S2/c1-16(2)32-21-10-6-9-19(15-21)24(29)27-25(33)26-20-11-13-22(14-12-20)34(30,31)28-23-17(3)7-5-8-18(23)4/h5-16,28H,1-4H3,(H2,26,27,29,33). The molecule has 178 valence electrons. The Morgan fingerprint density at radius 2 is 1.56 bits per heavy atom. The van der Waals surface area contributed by atoms with Gasteiger partial charge in [0.2, 0.25) is 0 Å². The number of anilines is 2. The summed E-state index contributed by atoms with van der Waals surface area (Å²) in [4.78, 5) is 12.6. The summed E-state index contributed by atoms with van der Waals surface area (Å²) in [6.07, 6.45) is -0.0104. The molecule has 0 atom stereocenters. The molecule has 0 saturated carbocycles. The molecule has 3 rings (SSSR count). The van der Waals surface area contributed by atoms with Gasteiger partial charge in [-0.05, 0) is 93.5 Å². The molecule has 3 aromatic rings. The molecule has 0 aliphatic carbocycles. The molecule has 0 aliphatic rings. The number of nitrogens with one attached hydrogen (secondary N) is 3. The summed E-state index contributed by atoms with van der Waals surface area (Å²) >= 11 is 5.23. The molecule has 7 nitrogen and oxygen atoms in total. The van der Waals surface area contributed by atoms with Crippen LogP contribution in [0.2, 0.25) is 0 Å². The van der Waals surface area contributed by atoms with Crippen LogP contribution in [0.4, 0.5) is 11.4 Å². The number of carbonyl (C=O) groups excluding carboxylic acids is 1. The lowest BCUT2D eigenvalue weighted by atomic mass is 10.1. The van der Waals surface area contributed by atoms with Crippen LogP contribution in [0, 0.1) is 13.8 Å². The van der Waals surface area contributed by atoms with Crippen LogP contribution >= 0.6 is 12.2 Å². The third-order valence-electron chi connectivity index (χ3n) is 4.84. The van der Waals surface area contributed by atoms with Gasteiger partial charge in [-0.15, -0.1) is 0 Å². The second-order valence-electron chi connectivity index (χ2n) is 8.00. The lowest BCUT2D eigenvalue weighted by Crippen LogP contribution is -2.34. The van der Waals surface area contributed by atoms with Gasteiger partial charge in [0.05, 0.1) is 16.7 Å². The highest BCUT2D eigenvalue weighted by Crippen LogP contribution is 2.24. The first kappa shape index (κ1) is 25.2. The zero-order chi connectivity index (χ0) is 24.9. The predicted octanol–water partition coefficient (Wildman–Crippen LogP) is 5.02. The highest BCUT2D eigenvalue weighted by Gasteiger charge is 2.17. The summed E-state index contributed by atoms with van der Waals surface area (Å²) in [5.41, 5.74) is 3.18. The maximum atomic E-state index is 12.8. The van der Waals surface area contributed by atoms with Gasteiger partial charge in [-0.3, -0.25) is 14.8 Å². The van der Waals surface area contributed by atoms with Gasteiger partial charge in [0, 0.05) is 11.3 Å². The predicted molar refractivity (Wildman–Crippen MR) is 139 cm³/mol. The maximum Gasteiger partial charge on any atom is 0.261 e. The first-order chi connectivity index (χ1) is 16.0. The number of thiocarbonyl (C=S) groups is 1. The Hall–Kier alpha value is -3.43. The fraction of sp³-hybridized carbons (Fsp3) is 0.200. The van der Waals surface area contributed by atoms with Crippen molar-refractivity contribution in [3.63, 3.8) is 0 Å². The van der Waals surface area contributed by atoms with E-state index in [-0.39, 0.29) is 22.0 Å². The quantitative estimate of drug-likeness (QED) is 0.397. The molecule has 0 unspecified atom stereocenters. The Bertz CT molecular complexity index is 1280. The first-order valence-corrected chi connectivity index (χ1v) is 12.5. The van der Waals surface area contributed by atoms with Crippen molar-refractivity contribution in [3.8, 4) is 5.75 Å². The van der Waals surface area contributed by atoms with Crippen LogP contribution in [0.5, 0.6) is 5.75 Å². The van der Waals surface area contributed by atoms with Crippen LogP contribution in [0.3, 0.4) is 0 Å². The molecule has 0 aliphatic heterocycles. The van der Waals surface area contributed by atoms with Crippen LogP contribution in [-0.2, 0) is 10.0 Å². The fourth-order valence-corrected chi connectivity index (χ4v) is 4.62. The van der Waals surface area contributed by atoms with E-state index in [0.717, 1.165) is 11.1 Å². The highest BCUT2D eigenvalue weighted by atomic mass is 32.2. The average molecular weight is 498 g/mol. The molecule has 34 heavy (non-hydrogen) atoms. The Balaban J connectivity index is 1.64. The van der Waals surface area contributed by atoms with Crippen LogP contribution < -0.4 is 20.1 Å². The summed E-state index contributed by atoms with van der Waals surface area (Å²) in [5.74, 6) is 0.205. The minimum absolute atomic E-state index is 0.0104. The topological polar surface area (TPSA) is 96.5 Å². The molecule has 0 spiro atoms. The van der Waals surface area contributed by atoms with Gasteiger partial charge >= 0.3 is 0 Å². The minimum atomic E-state index is -3.76. The Kier molecular flexibility index (Phi) is 7.90. The average Bonchev–Trinajstić information content (AvgIpc) is 2.76. The van der Waals surface area contributed by atoms with E-state index < -0.39 is 10.0 Å². The number of ether oxygens (including phenoxy) is 1. The number of benzene rings is 3. The van der Waals surface area contributed by atoms with Gasteiger partial charge in [-0.25, -0.2) is 8.42 Å². The van der Waals surface area contributed by atoms with E-state index in [4.69, 9.17) is 17.0 Å². The monoisotopic (exact) mass is 497 g/mol. The third-order valence-corrected chi connectivity index (χ3v) is 6.40. The van der Waals surface area contributed by atoms with Gasteiger partial charge in [-0.2, -0.15) is 0 Å². The SMILES string of the molecule is Cc1cccc(C)c1NS(=O)(=O)c1ccc(NC(=S)NC(=O)c2cccc(OC(C)C)c2)cc1. The Labute approximate surface area is 205 Å². The Morgan fingerprint density at radius 1 is 0.941 bits per heavy atom. The molecule has 1 amide bonds. The smallest absolute Gasteiger partial charge is 0.261 e. The normalized spacial score (nSPS) is 11.1. The minimum Gasteiger partial charge on any atom is -0.491 e. The van der Waals surface area contributed by atoms with Crippen molar-refractivity contribution in [1.29, 1.82) is 0 Å². The van der Waals surface area contributed by atoms with E-state index in [1.165, 1.54) is 12.1 Å². The molecule has 9 heteroatoms. The van der Waals surface area contributed by atoms with E-state index in [2.05, 4.69) is 15.4 Å². The molecule has 0 aromatic heterocycles. The van der Waals surface area contributed by atoms with Crippen LogP contribution in [0.15, 0.2) is 71.6 Å². The van der Waals surface area contributed by atoms with E-state index in [1.807, 2.05) is 45.9 Å². The van der Waals surface area contributed by atoms with Gasteiger partial charge in [0.1, 0.15) is 5.75 Å². The largest absolute Gasteiger partial charge is 0.491 e. The van der Waals surface area contributed by atoms with Crippen LogP contribution in [0.25, 0.3) is 0 Å². The maximum absolute atomic E-state index is 12.8. The van der Waals surface area contributed by atoms with Crippen molar-refractivity contribution < 1.29 is 17.9 Å². The van der Waals surface area contributed by atoms with E-state index in [1.54, 1.807) is 36.4 Å². The van der Waals surface area contributed by atoms with E-state index >= 15 is 0 Å². The second-order valence-corrected chi connectivity index (χ2v) is 10.1. The second kappa shape index (κ2) is 10.7. The van der Waals surface area contributed by atoms with Crippen LogP contribution in [0.1, 0.15) is 35.3 Å². The zero-order valence-corrected chi connectivity index (χ0v) is 21.0. The van der Waals surface area contributed by atoms with Crippen molar-refractivity contribution in [2.24, 2.45) is 0 Å². The molecule has 0 heterocycles. The lowest BCUT2D eigenvalue weighted by molar-refractivity contribution is 0.0977. The zero-order valence-electron chi connectivity index (χ0n) is 19.4. The third kappa shape index (κ3) is 6.55. The lowest BCUT2D eigenvalue weighted by Gasteiger charge is -2.14. The Morgan fingerprint density at radius 3 is 2.18 bits per heavy atom. The summed E-state index contributed by atoms with van der Waals surface area (Å²) in [7, 11) is -3.76. The fourth-order valence-electron chi connectivity index (χ4n) is 3.21. The van der Waals surface area contributed by atoms with Gasteiger partial charge < -0.3 is 10.1 Å². The molecule has 0 saturated heterocycles. The molecule has 3 N–H and O–H groups in total. The van der Waals surface area contributed by atoms with Crippen LogP contribution in [-0.4, -0.2) is 25.5 Å². The summed E-state index contributed by atoms with van der Waals surface area (Å²) < 4.78 is 33.9. The number of hydrogen-bond acceptors (Lipinski definition) is 5. The van der Waals surface area contributed by atoms with Gasteiger partial charge in [0.15, 0.2) is 5.11 Å². The van der Waals surface area contributed by atoms with E-state index in [0.29, 0.717) is 22.7 Å². The number of carbonyl (C=O) groups is 1. The van der Waals surface area contributed by atoms with Crippen molar-refractivity contribution in [2.45, 2.75) is 38.7 Å². The number of rotatable bonds is 7. The van der Waals surface area contributed by atoms with Crippen molar-refractivity contribution in [1.82, 2.24) is 5.32 Å². The molecular weight excluding hydrogens is 470 g/mol. The summed E-state index contributed by atoms with van der Waals surface area (Å²) in [6, 6.07) is 18.5. The van der Waals surface area contributed by atoms with Crippen molar-refractivity contribution >= 4 is 44.6 Å². The molecular formula is C25H27N3O4S2. The van der Waals surface area contributed by atoms with Gasteiger partial charge in [0.25, 0.3) is 15.9 Å². The first-order valence-electron chi connectivity index (χ1n) is 10.6. The molecule has 0 bridgehead atoms. The molecule has 0 fully saturated rings.